The number of ether oxygens (including phenoxy) is 6. The van der Waals surface area contributed by atoms with Crippen molar-refractivity contribution in [2.24, 2.45) is 0 Å². The van der Waals surface area contributed by atoms with Gasteiger partial charge in [-0.25, -0.2) is 0 Å². The zero-order valence-corrected chi connectivity index (χ0v) is 20.2. The molecule has 1 atom stereocenters. The van der Waals surface area contributed by atoms with E-state index in [2.05, 4.69) is 0 Å². The molecule has 3 aromatic carbocycles. The van der Waals surface area contributed by atoms with Crippen LogP contribution in [0.5, 0.6) is 34.5 Å². The Balaban J connectivity index is 1.62. The molecule has 184 valence electrons. The molecule has 8 heteroatoms. The molecule has 8 nitrogen and oxygen atoms in total. The Bertz CT molecular complexity index is 1390. The zero-order chi connectivity index (χ0) is 25.4. The Hall–Kier alpha value is -4.46. The van der Waals surface area contributed by atoms with E-state index in [-0.39, 0.29) is 18.0 Å². The van der Waals surface area contributed by atoms with Crippen LogP contribution in [0.15, 0.2) is 54.3 Å². The van der Waals surface area contributed by atoms with Crippen LogP contribution in [0.1, 0.15) is 39.4 Å². The Kier molecular flexibility index (Phi) is 6.01. The third kappa shape index (κ3) is 3.80. The van der Waals surface area contributed by atoms with Crippen molar-refractivity contribution in [3.8, 4) is 34.5 Å². The Morgan fingerprint density at radius 2 is 1.56 bits per heavy atom. The van der Waals surface area contributed by atoms with E-state index in [1.165, 1.54) is 21.3 Å². The summed E-state index contributed by atoms with van der Waals surface area (Å²) in [5.41, 5.74) is 2.47. The number of benzene rings is 3. The van der Waals surface area contributed by atoms with Crippen LogP contribution in [-0.2, 0) is 4.79 Å². The number of fused-ring (bicyclic) bond motifs is 3. The minimum atomic E-state index is -0.501. The minimum Gasteiger partial charge on any atom is -0.497 e. The molecule has 0 fully saturated rings. The Labute approximate surface area is 207 Å². The van der Waals surface area contributed by atoms with E-state index in [1.54, 1.807) is 43.5 Å². The van der Waals surface area contributed by atoms with E-state index < -0.39 is 11.9 Å². The van der Waals surface area contributed by atoms with E-state index in [0.717, 1.165) is 5.56 Å². The van der Waals surface area contributed by atoms with Crippen LogP contribution in [-0.4, -0.2) is 40.2 Å². The number of methoxy groups -OCH3 is 4. The molecule has 0 saturated heterocycles. The van der Waals surface area contributed by atoms with Crippen molar-refractivity contribution < 1.29 is 38.0 Å². The molecule has 1 unspecified atom stereocenters. The van der Waals surface area contributed by atoms with E-state index in [4.69, 9.17) is 28.4 Å². The second kappa shape index (κ2) is 9.30. The molecule has 0 N–H and O–H groups in total. The highest BCUT2D eigenvalue weighted by molar-refractivity contribution is 6.15. The molecule has 36 heavy (non-hydrogen) atoms. The average Bonchev–Trinajstić information content (AvgIpc) is 3.22. The molecule has 2 aliphatic rings. The van der Waals surface area contributed by atoms with Crippen LogP contribution in [0.4, 0.5) is 0 Å². The third-order valence-electron chi connectivity index (χ3n) is 6.30. The Morgan fingerprint density at radius 3 is 2.22 bits per heavy atom. The lowest BCUT2D eigenvalue weighted by Crippen LogP contribution is -2.22. The maximum absolute atomic E-state index is 13.2. The second-order valence-corrected chi connectivity index (χ2v) is 8.22. The highest BCUT2D eigenvalue weighted by atomic mass is 16.5. The minimum absolute atomic E-state index is 0.0321. The van der Waals surface area contributed by atoms with E-state index in [0.29, 0.717) is 51.2 Å². The van der Waals surface area contributed by atoms with Gasteiger partial charge in [-0.2, -0.15) is 0 Å². The van der Waals surface area contributed by atoms with Gasteiger partial charge in [0.05, 0.1) is 40.4 Å². The van der Waals surface area contributed by atoms with Gasteiger partial charge in [0.1, 0.15) is 17.2 Å². The number of carbonyl (C=O) groups excluding carboxylic acids is 2. The molecule has 3 aromatic rings. The van der Waals surface area contributed by atoms with Crippen LogP contribution < -0.4 is 28.4 Å². The summed E-state index contributed by atoms with van der Waals surface area (Å²) >= 11 is 0. The largest absolute Gasteiger partial charge is 0.497 e. The van der Waals surface area contributed by atoms with Crippen LogP contribution in [0, 0.1) is 0 Å². The summed E-state index contributed by atoms with van der Waals surface area (Å²) in [6.07, 6.45) is 1.71. The molecular weight excluding hydrogens is 464 g/mol. The fourth-order valence-electron chi connectivity index (χ4n) is 4.62. The van der Waals surface area contributed by atoms with Gasteiger partial charge in [-0.3, -0.25) is 9.59 Å². The first-order valence-electron chi connectivity index (χ1n) is 11.2. The molecule has 0 spiro atoms. The lowest BCUT2D eigenvalue weighted by atomic mass is 9.84. The molecule has 2 heterocycles. The van der Waals surface area contributed by atoms with Crippen LogP contribution in [0.2, 0.25) is 0 Å². The predicted molar refractivity (Wildman–Crippen MR) is 131 cm³/mol. The Morgan fingerprint density at radius 1 is 0.806 bits per heavy atom. The van der Waals surface area contributed by atoms with Gasteiger partial charge in [0.25, 0.3) is 0 Å². The number of hydrogen-bond acceptors (Lipinski definition) is 8. The molecule has 0 aliphatic carbocycles. The molecule has 0 bridgehead atoms. The van der Waals surface area contributed by atoms with Crippen molar-refractivity contribution in [1.29, 1.82) is 0 Å². The first-order chi connectivity index (χ1) is 17.5. The molecule has 0 radical (unpaired) electrons. The molecule has 0 aromatic heterocycles. The summed E-state index contributed by atoms with van der Waals surface area (Å²) in [5.74, 6) is 1.77. The number of Topliss-reactive ketones (excluding diaryl/α,β-unsaturated/α-hetero) is 1. The average molecular weight is 488 g/mol. The number of allylic oxidation sites excluding steroid dienone is 1. The van der Waals surface area contributed by atoms with Gasteiger partial charge in [-0.05, 0) is 42.0 Å². The van der Waals surface area contributed by atoms with Crippen molar-refractivity contribution in [2.75, 3.05) is 28.4 Å². The van der Waals surface area contributed by atoms with Crippen LogP contribution >= 0.6 is 0 Å². The van der Waals surface area contributed by atoms with Crippen LogP contribution in [0.25, 0.3) is 6.08 Å². The normalized spacial score (nSPS) is 17.1. The van der Waals surface area contributed by atoms with E-state index in [1.807, 2.05) is 18.2 Å². The topological polar surface area (TPSA) is 89.5 Å². The molecule has 0 saturated carbocycles. The summed E-state index contributed by atoms with van der Waals surface area (Å²) in [7, 11) is 6.16. The molecular formula is C28H24O8. The highest BCUT2D eigenvalue weighted by Gasteiger charge is 2.40. The fourth-order valence-corrected chi connectivity index (χ4v) is 4.62. The van der Waals surface area contributed by atoms with Crippen molar-refractivity contribution in [2.45, 2.75) is 12.3 Å². The molecule has 2 aliphatic heterocycles. The summed E-state index contributed by atoms with van der Waals surface area (Å²) in [4.78, 5) is 25.8. The summed E-state index contributed by atoms with van der Waals surface area (Å²) in [6.45, 7) is 0. The third-order valence-corrected chi connectivity index (χ3v) is 6.30. The van der Waals surface area contributed by atoms with Gasteiger partial charge in [0.15, 0.2) is 17.3 Å². The van der Waals surface area contributed by atoms with Crippen LogP contribution in [0.3, 0.4) is 0 Å². The predicted octanol–water partition coefficient (Wildman–Crippen LogP) is 4.78. The number of rotatable bonds is 6. The van der Waals surface area contributed by atoms with Gasteiger partial charge >= 0.3 is 5.97 Å². The first kappa shape index (κ1) is 23.3. The van der Waals surface area contributed by atoms with Crippen molar-refractivity contribution >= 4 is 17.8 Å². The van der Waals surface area contributed by atoms with E-state index in [9.17, 15) is 9.59 Å². The number of hydrogen-bond donors (Lipinski definition) is 0. The second-order valence-electron chi connectivity index (χ2n) is 8.22. The number of ketones is 1. The number of esters is 1. The van der Waals surface area contributed by atoms with Gasteiger partial charge in [0.2, 0.25) is 11.5 Å². The van der Waals surface area contributed by atoms with Crippen molar-refractivity contribution in [3.63, 3.8) is 0 Å². The summed E-state index contributed by atoms with van der Waals surface area (Å²) in [6, 6.07) is 14.1. The lowest BCUT2D eigenvalue weighted by Gasteiger charge is -2.28. The molecule has 5 rings (SSSR count). The van der Waals surface area contributed by atoms with Gasteiger partial charge in [-0.1, -0.05) is 18.2 Å². The quantitative estimate of drug-likeness (QED) is 0.278. The highest BCUT2D eigenvalue weighted by Crippen LogP contribution is 2.53. The smallest absolute Gasteiger partial charge is 0.312 e. The standard InChI is InChI=1S/C28H24O8/c1-31-16-7-5-15(6-8-16)13-22-25(30)18-10-11-20-24(26(18)36-22)19(14-23(29)35-20)17-9-12-21(32-2)28(34-4)27(17)33-3/h5-13,19H,14H2,1-4H3. The van der Waals surface area contributed by atoms with Gasteiger partial charge in [0, 0.05) is 17.0 Å². The van der Waals surface area contributed by atoms with Crippen molar-refractivity contribution in [1.82, 2.24) is 0 Å². The monoisotopic (exact) mass is 488 g/mol. The van der Waals surface area contributed by atoms with E-state index >= 15 is 0 Å². The van der Waals surface area contributed by atoms with Crippen molar-refractivity contribution in [3.05, 3.63) is 76.5 Å². The molecule has 0 amide bonds. The maximum atomic E-state index is 13.2. The summed E-state index contributed by atoms with van der Waals surface area (Å²) in [5, 5.41) is 0. The summed E-state index contributed by atoms with van der Waals surface area (Å²) < 4.78 is 33.5. The van der Waals surface area contributed by atoms with Gasteiger partial charge in [-0.15, -0.1) is 0 Å². The SMILES string of the molecule is COc1ccc(C=C2Oc3c(ccc4c3C(c3ccc(OC)c(OC)c3OC)CC(=O)O4)C2=O)cc1. The van der Waals surface area contributed by atoms with Gasteiger partial charge < -0.3 is 28.4 Å². The fraction of sp³-hybridized carbons (Fsp3) is 0.214. The lowest BCUT2D eigenvalue weighted by molar-refractivity contribution is -0.135. The first-order valence-corrected chi connectivity index (χ1v) is 11.2. The number of carbonyl (C=O) groups is 2. The maximum Gasteiger partial charge on any atom is 0.312 e. The zero-order valence-electron chi connectivity index (χ0n) is 20.2.